The van der Waals surface area contributed by atoms with Crippen molar-refractivity contribution in [3.63, 3.8) is 0 Å². The van der Waals surface area contributed by atoms with Crippen molar-refractivity contribution in [2.75, 3.05) is 12.4 Å². The zero-order valence-electron chi connectivity index (χ0n) is 13.4. The van der Waals surface area contributed by atoms with Crippen LogP contribution < -0.4 is 10.1 Å². The van der Waals surface area contributed by atoms with Crippen LogP contribution in [0.4, 0.5) is 5.69 Å². The number of benzene rings is 2. The highest BCUT2D eigenvalue weighted by molar-refractivity contribution is 6.37. The van der Waals surface area contributed by atoms with Gasteiger partial charge < -0.3 is 10.1 Å². The second kappa shape index (κ2) is 8.26. The highest BCUT2D eigenvalue weighted by Gasteiger charge is 2.12. The van der Waals surface area contributed by atoms with Crippen LogP contribution in [0.15, 0.2) is 35.9 Å². The van der Waals surface area contributed by atoms with E-state index in [1.54, 1.807) is 30.3 Å². The van der Waals surface area contributed by atoms with Gasteiger partial charge in [0.15, 0.2) is 5.75 Å². The normalized spacial score (nSPS) is 11.0. The molecule has 0 heterocycles. The maximum atomic E-state index is 12.3. The summed E-state index contributed by atoms with van der Waals surface area (Å²) >= 11 is 18.2. The summed E-state index contributed by atoms with van der Waals surface area (Å²) in [5.41, 5.74) is 1.78. The quantitative estimate of drug-likeness (QED) is 0.548. The van der Waals surface area contributed by atoms with E-state index >= 15 is 0 Å². The summed E-state index contributed by atoms with van der Waals surface area (Å²) in [6.45, 7) is 1.85. The van der Waals surface area contributed by atoms with Gasteiger partial charge in [-0.1, -0.05) is 40.9 Å². The Morgan fingerprint density at radius 1 is 1.16 bits per heavy atom. The Labute approximate surface area is 160 Å². The summed E-state index contributed by atoms with van der Waals surface area (Å²) in [5.74, 6) is -0.233. The van der Waals surface area contributed by atoms with Gasteiger partial charge in [-0.25, -0.2) is 0 Å². The first-order chi connectivity index (χ1) is 11.8. The van der Waals surface area contributed by atoms with Crippen molar-refractivity contribution < 1.29 is 9.53 Å². The Hall–Kier alpha value is -2.19. The molecule has 0 saturated heterocycles. The largest absolute Gasteiger partial charge is 0.494 e. The minimum absolute atomic E-state index is 0.103. The first-order valence-electron chi connectivity index (χ1n) is 7.08. The van der Waals surface area contributed by atoms with Gasteiger partial charge in [0.2, 0.25) is 0 Å². The Kier molecular flexibility index (Phi) is 6.33. The van der Waals surface area contributed by atoms with Crippen LogP contribution in [0.5, 0.6) is 5.75 Å². The molecule has 0 spiro atoms. The van der Waals surface area contributed by atoms with Crippen LogP contribution in [0.25, 0.3) is 6.08 Å². The topological polar surface area (TPSA) is 62.1 Å². The predicted molar refractivity (Wildman–Crippen MR) is 101 cm³/mol. The molecule has 25 heavy (non-hydrogen) atoms. The standard InChI is InChI=1S/C18H13Cl3N2O2/c1-10-3-4-13(8-14(10)19)23-18(24)12(9-22)5-11-6-15(20)17(25-2)16(21)7-11/h3-8H,1-2H3,(H,23,24)/b12-5-. The van der Waals surface area contributed by atoms with Crippen LogP contribution in [0.1, 0.15) is 11.1 Å². The zero-order valence-corrected chi connectivity index (χ0v) is 15.6. The second-order valence-electron chi connectivity index (χ2n) is 5.11. The van der Waals surface area contributed by atoms with Crippen LogP contribution in [-0.2, 0) is 4.79 Å². The molecular weight excluding hydrogens is 383 g/mol. The van der Waals surface area contributed by atoms with Crippen LogP contribution in [0, 0.1) is 18.3 Å². The maximum Gasteiger partial charge on any atom is 0.266 e. The fourth-order valence-corrected chi connectivity index (χ4v) is 2.88. The third-order valence-corrected chi connectivity index (χ3v) is 4.30. The highest BCUT2D eigenvalue weighted by Crippen LogP contribution is 2.34. The molecular formula is C18H13Cl3N2O2. The highest BCUT2D eigenvalue weighted by atomic mass is 35.5. The van der Waals surface area contributed by atoms with Crippen molar-refractivity contribution >= 4 is 52.5 Å². The third-order valence-electron chi connectivity index (χ3n) is 3.33. The molecule has 128 valence electrons. The van der Waals surface area contributed by atoms with Crippen molar-refractivity contribution in [1.82, 2.24) is 0 Å². The minimum Gasteiger partial charge on any atom is -0.494 e. The van der Waals surface area contributed by atoms with E-state index in [0.717, 1.165) is 5.56 Å². The van der Waals surface area contributed by atoms with Gasteiger partial charge in [-0.05, 0) is 48.4 Å². The SMILES string of the molecule is COc1c(Cl)cc(/C=C(/C#N)C(=O)Nc2ccc(C)c(Cl)c2)cc1Cl. The molecule has 0 saturated carbocycles. The number of nitrogens with one attached hydrogen (secondary N) is 1. The number of nitrogens with zero attached hydrogens (tertiary/aromatic N) is 1. The number of hydrogen-bond donors (Lipinski definition) is 1. The molecule has 0 atom stereocenters. The Balaban J connectivity index is 2.29. The molecule has 0 bridgehead atoms. The summed E-state index contributed by atoms with van der Waals surface area (Å²) in [4.78, 5) is 12.3. The van der Waals surface area contributed by atoms with Gasteiger partial charge in [0.1, 0.15) is 11.6 Å². The molecule has 1 amide bonds. The first kappa shape index (κ1) is 19.1. The molecule has 0 radical (unpaired) electrons. The molecule has 7 heteroatoms. The number of nitriles is 1. The number of anilines is 1. The Morgan fingerprint density at radius 2 is 1.80 bits per heavy atom. The fraction of sp³-hybridized carbons (Fsp3) is 0.111. The minimum atomic E-state index is -0.564. The lowest BCUT2D eigenvalue weighted by atomic mass is 10.1. The number of carbonyl (C=O) groups excluding carboxylic acids is 1. The number of amides is 1. The lowest BCUT2D eigenvalue weighted by Gasteiger charge is -2.08. The summed E-state index contributed by atoms with van der Waals surface area (Å²) in [6.07, 6.45) is 1.39. The van der Waals surface area contributed by atoms with Crippen LogP contribution in [0.2, 0.25) is 15.1 Å². The number of rotatable bonds is 4. The van der Waals surface area contributed by atoms with Gasteiger partial charge >= 0.3 is 0 Å². The first-order valence-corrected chi connectivity index (χ1v) is 8.21. The molecule has 0 aliphatic carbocycles. The van der Waals surface area contributed by atoms with Gasteiger partial charge in [0, 0.05) is 10.7 Å². The van der Waals surface area contributed by atoms with E-state index in [0.29, 0.717) is 22.0 Å². The van der Waals surface area contributed by atoms with Crippen LogP contribution in [-0.4, -0.2) is 13.0 Å². The van der Waals surface area contributed by atoms with E-state index in [1.807, 2.05) is 13.0 Å². The smallest absolute Gasteiger partial charge is 0.266 e. The van der Waals surface area contributed by atoms with Gasteiger partial charge in [-0.15, -0.1) is 0 Å². The summed E-state index contributed by atoms with van der Waals surface area (Å²) in [7, 11) is 1.45. The molecule has 0 fully saturated rings. The van der Waals surface area contributed by atoms with E-state index in [2.05, 4.69) is 5.32 Å². The average molecular weight is 396 g/mol. The van der Waals surface area contributed by atoms with Gasteiger partial charge in [-0.2, -0.15) is 5.26 Å². The number of carbonyl (C=O) groups is 1. The van der Waals surface area contributed by atoms with Crippen molar-refractivity contribution in [2.45, 2.75) is 6.92 Å². The number of halogens is 3. The monoisotopic (exact) mass is 394 g/mol. The van der Waals surface area contributed by atoms with Gasteiger partial charge in [-0.3, -0.25) is 4.79 Å². The molecule has 0 aromatic heterocycles. The van der Waals surface area contributed by atoms with Crippen molar-refractivity contribution in [3.05, 3.63) is 62.1 Å². The van der Waals surface area contributed by atoms with Crippen molar-refractivity contribution in [3.8, 4) is 11.8 Å². The lowest BCUT2D eigenvalue weighted by Crippen LogP contribution is -2.13. The van der Waals surface area contributed by atoms with Gasteiger partial charge in [0.05, 0.1) is 17.2 Å². The van der Waals surface area contributed by atoms with E-state index in [4.69, 9.17) is 39.5 Å². The summed E-state index contributed by atoms with van der Waals surface area (Å²) in [5, 5.41) is 13.0. The second-order valence-corrected chi connectivity index (χ2v) is 6.33. The number of methoxy groups -OCH3 is 1. The van der Waals surface area contributed by atoms with E-state index in [9.17, 15) is 10.1 Å². The number of ether oxygens (including phenoxy) is 1. The molecule has 4 nitrogen and oxygen atoms in total. The van der Waals surface area contributed by atoms with Crippen molar-refractivity contribution in [2.24, 2.45) is 0 Å². The van der Waals surface area contributed by atoms with E-state index in [-0.39, 0.29) is 15.6 Å². The Bertz CT molecular complexity index is 879. The molecule has 0 aliphatic rings. The molecule has 0 unspecified atom stereocenters. The zero-order chi connectivity index (χ0) is 18.6. The Morgan fingerprint density at radius 3 is 2.32 bits per heavy atom. The maximum absolute atomic E-state index is 12.3. The van der Waals surface area contributed by atoms with E-state index in [1.165, 1.54) is 13.2 Å². The fourth-order valence-electron chi connectivity index (χ4n) is 2.04. The van der Waals surface area contributed by atoms with Crippen molar-refractivity contribution in [1.29, 1.82) is 5.26 Å². The van der Waals surface area contributed by atoms with E-state index < -0.39 is 5.91 Å². The third kappa shape index (κ3) is 4.67. The van der Waals surface area contributed by atoms with Crippen LogP contribution >= 0.6 is 34.8 Å². The molecule has 2 rings (SSSR count). The van der Waals surface area contributed by atoms with Gasteiger partial charge in [0.25, 0.3) is 5.91 Å². The predicted octanol–water partition coefficient (Wildman–Crippen LogP) is 5.51. The average Bonchev–Trinajstić information content (AvgIpc) is 2.55. The summed E-state index contributed by atoms with van der Waals surface area (Å²) < 4.78 is 5.07. The number of hydrogen-bond acceptors (Lipinski definition) is 3. The molecule has 0 aliphatic heterocycles. The summed E-state index contributed by atoms with van der Waals surface area (Å²) in [6, 6.07) is 10.1. The lowest BCUT2D eigenvalue weighted by molar-refractivity contribution is -0.112. The van der Waals surface area contributed by atoms with Crippen LogP contribution in [0.3, 0.4) is 0 Å². The molecule has 2 aromatic carbocycles. The molecule has 1 N–H and O–H groups in total. The number of aryl methyl sites for hydroxylation is 1. The molecule has 2 aromatic rings.